The number of para-hydroxylation sites is 1. The van der Waals surface area contributed by atoms with E-state index in [9.17, 15) is 9.90 Å². The molecule has 6 heteroatoms. The molecule has 35 heavy (non-hydrogen) atoms. The van der Waals surface area contributed by atoms with Crippen LogP contribution in [-0.4, -0.2) is 40.7 Å². The highest BCUT2D eigenvalue weighted by molar-refractivity contribution is 7.20. The predicted molar refractivity (Wildman–Crippen MR) is 147 cm³/mol. The third kappa shape index (κ3) is 5.39. The molecular weight excluding hydrogens is 454 g/mol. The summed E-state index contributed by atoms with van der Waals surface area (Å²) >= 11 is 1.57. The summed E-state index contributed by atoms with van der Waals surface area (Å²) in [6.07, 6.45) is 7.62. The zero-order valence-corrected chi connectivity index (χ0v) is 21.5. The van der Waals surface area contributed by atoms with Crippen molar-refractivity contribution < 1.29 is 9.90 Å². The van der Waals surface area contributed by atoms with Crippen molar-refractivity contribution in [1.82, 2.24) is 10.3 Å². The second-order valence-electron chi connectivity index (χ2n) is 10.2. The summed E-state index contributed by atoms with van der Waals surface area (Å²) in [5, 5.41) is 15.9. The Morgan fingerprint density at radius 1 is 1.20 bits per heavy atom. The molecule has 1 fully saturated rings. The zero-order valence-electron chi connectivity index (χ0n) is 20.6. The van der Waals surface area contributed by atoms with Crippen molar-refractivity contribution in [3.8, 4) is 0 Å². The molecule has 0 bridgehead atoms. The number of anilines is 1. The highest BCUT2D eigenvalue weighted by atomic mass is 32.1. The number of unbranched alkanes of at least 4 members (excludes halogenated alkanes) is 1. The van der Waals surface area contributed by atoms with Gasteiger partial charge in [-0.3, -0.25) is 4.79 Å². The van der Waals surface area contributed by atoms with Crippen molar-refractivity contribution in [2.24, 2.45) is 0 Å². The Morgan fingerprint density at radius 2 is 2.00 bits per heavy atom. The number of aromatic nitrogens is 1. The zero-order chi connectivity index (χ0) is 24.4. The normalized spacial score (nSPS) is 16.6. The molecule has 184 valence electrons. The second-order valence-corrected chi connectivity index (χ2v) is 11.3. The van der Waals surface area contributed by atoms with Crippen LogP contribution in [0.1, 0.15) is 61.2 Å². The monoisotopic (exact) mass is 489 g/mol. The number of benzene rings is 2. The highest BCUT2D eigenvalue weighted by Crippen LogP contribution is 2.32. The number of H-pyrrole nitrogens is 1. The first kappa shape index (κ1) is 23.9. The Hall–Kier alpha value is -2.83. The van der Waals surface area contributed by atoms with Gasteiger partial charge in [0.2, 0.25) is 0 Å². The molecule has 3 N–H and O–H groups in total. The molecule has 3 heterocycles. The van der Waals surface area contributed by atoms with E-state index in [1.807, 2.05) is 19.1 Å². The standard InChI is InChI=1S/C29H35N3O2S/c1-3-4-7-22(16-21-19-30-25-9-6-5-8-24(21)25)31-28(33)27-17-20-10-11-23(18-26(20)35-27)32-14-12-29(2,34)13-15-32/h5-6,8-11,17-19,22,30,34H,3-4,7,12-16H2,1-2H3,(H,31,33). The number of aliphatic hydroxyl groups is 1. The van der Waals surface area contributed by atoms with Crippen molar-refractivity contribution in [1.29, 1.82) is 0 Å². The summed E-state index contributed by atoms with van der Waals surface area (Å²) in [6, 6.07) is 16.9. The molecule has 1 aliphatic rings. The smallest absolute Gasteiger partial charge is 0.261 e. The van der Waals surface area contributed by atoms with Gasteiger partial charge < -0.3 is 20.3 Å². The summed E-state index contributed by atoms with van der Waals surface area (Å²) in [6.45, 7) is 5.82. The molecule has 2 aromatic heterocycles. The van der Waals surface area contributed by atoms with Crippen LogP contribution in [0.5, 0.6) is 0 Å². The number of aromatic amines is 1. The van der Waals surface area contributed by atoms with Crippen LogP contribution in [0, 0.1) is 0 Å². The summed E-state index contributed by atoms with van der Waals surface area (Å²) in [5.41, 5.74) is 3.00. The van der Waals surface area contributed by atoms with Crippen LogP contribution in [0.2, 0.25) is 0 Å². The largest absolute Gasteiger partial charge is 0.390 e. The Balaban J connectivity index is 1.31. The van der Waals surface area contributed by atoms with Crippen LogP contribution in [-0.2, 0) is 6.42 Å². The second kappa shape index (κ2) is 10.0. The molecule has 1 unspecified atom stereocenters. The Kier molecular flexibility index (Phi) is 6.85. The molecule has 0 aliphatic carbocycles. The maximum Gasteiger partial charge on any atom is 0.261 e. The molecule has 0 saturated carbocycles. The van der Waals surface area contributed by atoms with E-state index in [2.05, 4.69) is 64.7 Å². The van der Waals surface area contributed by atoms with Gasteiger partial charge in [0, 0.05) is 46.6 Å². The Morgan fingerprint density at radius 3 is 2.80 bits per heavy atom. The minimum absolute atomic E-state index is 0.0164. The van der Waals surface area contributed by atoms with E-state index in [4.69, 9.17) is 0 Å². The SMILES string of the molecule is CCCCC(Cc1c[nH]c2ccccc12)NC(=O)c1cc2ccc(N3CCC(C)(O)CC3)cc2s1. The van der Waals surface area contributed by atoms with E-state index >= 15 is 0 Å². The Labute approximate surface area is 211 Å². The van der Waals surface area contributed by atoms with Crippen LogP contribution < -0.4 is 10.2 Å². The van der Waals surface area contributed by atoms with Gasteiger partial charge in [-0.05, 0) is 67.8 Å². The molecule has 1 atom stereocenters. The number of amides is 1. The molecule has 1 amide bonds. The van der Waals surface area contributed by atoms with Crippen molar-refractivity contribution in [2.45, 2.75) is 64.0 Å². The molecule has 2 aromatic carbocycles. The van der Waals surface area contributed by atoms with E-state index in [1.165, 1.54) is 16.6 Å². The number of nitrogens with one attached hydrogen (secondary N) is 2. The molecule has 0 radical (unpaired) electrons. The van der Waals surface area contributed by atoms with Crippen molar-refractivity contribution in [3.05, 3.63) is 65.2 Å². The van der Waals surface area contributed by atoms with Gasteiger partial charge in [-0.15, -0.1) is 11.3 Å². The first-order chi connectivity index (χ1) is 16.9. The van der Waals surface area contributed by atoms with E-state index in [1.54, 1.807) is 11.3 Å². The maximum absolute atomic E-state index is 13.3. The fraction of sp³-hybridized carbons (Fsp3) is 0.414. The number of piperidine rings is 1. The lowest BCUT2D eigenvalue weighted by atomic mass is 9.93. The first-order valence-corrected chi connectivity index (χ1v) is 13.6. The third-order valence-electron chi connectivity index (χ3n) is 7.32. The summed E-state index contributed by atoms with van der Waals surface area (Å²) in [4.78, 5) is 19.7. The number of nitrogens with zero attached hydrogens (tertiary/aromatic N) is 1. The summed E-state index contributed by atoms with van der Waals surface area (Å²) < 4.78 is 1.13. The number of thiophene rings is 1. The van der Waals surface area contributed by atoms with Crippen LogP contribution in [0.3, 0.4) is 0 Å². The Bertz CT molecular complexity index is 1310. The van der Waals surface area contributed by atoms with Gasteiger partial charge in [-0.1, -0.05) is 44.0 Å². The van der Waals surface area contributed by atoms with Crippen LogP contribution in [0.15, 0.2) is 54.7 Å². The van der Waals surface area contributed by atoms with Gasteiger partial charge in [0.05, 0.1) is 10.5 Å². The van der Waals surface area contributed by atoms with Crippen molar-refractivity contribution in [2.75, 3.05) is 18.0 Å². The summed E-state index contributed by atoms with van der Waals surface area (Å²) in [5.74, 6) is 0.0164. The fourth-order valence-corrected chi connectivity index (χ4v) is 6.07. The van der Waals surface area contributed by atoms with E-state index < -0.39 is 5.60 Å². The number of carbonyl (C=O) groups excluding carboxylic acids is 1. The van der Waals surface area contributed by atoms with Gasteiger partial charge in [-0.25, -0.2) is 0 Å². The average molecular weight is 490 g/mol. The van der Waals surface area contributed by atoms with Gasteiger partial charge in [0.1, 0.15) is 0 Å². The molecule has 0 spiro atoms. The maximum atomic E-state index is 13.3. The number of rotatable bonds is 8. The minimum Gasteiger partial charge on any atom is -0.390 e. The molecule has 5 rings (SSSR count). The highest BCUT2D eigenvalue weighted by Gasteiger charge is 2.27. The molecule has 5 nitrogen and oxygen atoms in total. The van der Waals surface area contributed by atoms with E-state index in [-0.39, 0.29) is 11.9 Å². The van der Waals surface area contributed by atoms with Crippen LogP contribution in [0.25, 0.3) is 21.0 Å². The van der Waals surface area contributed by atoms with Gasteiger partial charge in [0.25, 0.3) is 5.91 Å². The number of carbonyl (C=O) groups is 1. The minimum atomic E-state index is -0.560. The van der Waals surface area contributed by atoms with Crippen LogP contribution in [0.4, 0.5) is 5.69 Å². The molecule has 4 aromatic rings. The first-order valence-electron chi connectivity index (χ1n) is 12.8. The lowest BCUT2D eigenvalue weighted by Gasteiger charge is -2.37. The van der Waals surface area contributed by atoms with Crippen molar-refractivity contribution >= 4 is 43.9 Å². The third-order valence-corrected chi connectivity index (χ3v) is 8.41. The topological polar surface area (TPSA) is 68.4 Å². The molecule has 1 aliphatic heterocycles. The average Bonchev–Trinajstić information content (AvgIpc) is 3.46. The van der Waals surface area contributed by atoms with Gasteiger partial charge >= 0.3 is 0 Å². The summed E-state index contributed by atoms with van der Waals surface area (Å²) in [7, 11) is 0. The van der Waals surface area contributed by atoms with Crippen molar-refractivity contribution in [3.63, 3.8) is 0 Å². The van der Waals surface area contributed by atoms with E-state index in [0.717, 1.165) is 72.1 Å². The van der Waals surface area contributed by atoms with E-state index in [0.29, 0.717) is 0 Å². The van der Waals surface area contributed by atoms with Gasteiger partial charge in [-0.2, -0.15) is 0 Å². The lowest BCUT2D eigenvalue weighted by Crippen LogP contribution is -2.42. The van der Waals surface area contributed by atoms with Gasteiger partial charge in [0.15, 0.2) is 0 Å². The molecule has 1 saturated heterocycles. The number of fused-ring (bicyclic) bond motifs is 2. The predicted octanol–water partition coefficient (Wildman–Crippen LogP) is 6.27. The number of hydrogen-bond acceptors (Lipinski definition) is 4. The fourth-order valence-electron chi connectivity index (χ4n) is 5.07. The number of hydrogen-bond donors (Lipinski definition) is 3. The molecular formula is C29H35N3O2S. The lowest BCUT2D eigenvalue weighted by molar-refractivity contribution is 0.0351. The van der Waals surface area contributed by atoms with Crippen LogP contribution >= 0.6 is 11.3 Å². The quantitative estimate of drug-likeness (QED) is 0.273.